The molecular weight excluding hydrogens is 461 g/mol. The van der Waals surface area contributed by atoms with Crippen LogP contribution in [0.1, 0.15) is 53.2 Å². The fourth-order valence-corrected chi connectivity index (χ4v) is 4.62. The highest BCUT2D eigenvalue weighted by atomic mass is 79.9. The quantitative estimate of drug-likeness (QED) is 0.598. The Morgan fingerprint density at radius 3 is 2.62 bits per heavy atom. The topological polar surface area (TPSA) is 61.4 Å². The second-order valence-corrected chi connectivity index (χ2v) is 8.64. The summed E-state index contributed by atoms with van der Waals surface area (Å²) in [6.45, 7) is 1.41. The number of rotatable bonds is 2. The van der Waals surface area contributed by atoms with Crippen molar-refractivity contribution in [2.45, 2.75) is 31.7 Å². The van der Waals surface area contributed by atoms with Crippen molar-refractivity contribution in [2.24, 2.45) is 0 Å². The molecule has 1 atom stereocenters. The van der Waals surface area contributed by atoms with Gasteiger partial charge in [0.1, 0.15) is 5.82 Å². The van der Waals surface area contributed by atoms with E-state index in [0.717, 1.165) is 25.7 Å². The van der Waals surface area contributed by atoms with Crippen LogP contribution in [0.3, 0.4) is 0 Å². The van der Waals surface area contributed by atoms with Crippen molar-refractivity contribution in [3.05, 3.63) is 62.3 Å². The Morgan fingerprint density at radius 1 is 1.17 bits per heavy atom. The fraction of sp³-hybridized carbons (Fsp3) is 0.333. The Labute approximate surface area is 181 Å². The number of urea groups is 1. The molecule has 2 aromatic carbocycles. The van der Waals surface area contributed by atoms with Gasteiger partial charge in [0.15, 0.2) is 0 Å². The van der Waals surface area contributed by atoms with E-state index in [1.165, 1.54) is 18.2 Å². The number of carbonyl (C=O) groups excluding carboxylic acids is 2. The Bertz CT molecular complexity index is 977. The van der Waals surface area contributed by atoms with Crippen LogP contribution in [0.5, 0.6) is 0 Å². The highest BCUT2D eigenvalue weighted by Gasteiger charge is 2.35. The van der Waals surface area contributed by atoms with Gasteiger partial charge in [-0.1, -0.05) is 40.4 Å². The highest BCUT2D eigenvalue weighted by Crippen LogP contribution is 2.41. The number of benzene rings is 2. The molecule has 0 saturated carbocycles. The van der Waals surface area contributed by atoms with Gasteiger partial charge in [-0.15, -0.1) is 0 Å². The van der Waals surface area contributed by atoms with E-state index in [1.807, 2.05) is 0 Å². The van der Waals surface area contributed by atoms with Crippen LogP contribution in [0.25, 0.3) is 0 Å². The summed E-state index contributed by atoms with van der Waals surface area (Å²) in [5.74, 6) is -0.740. The van der Waals surface area contributed by atoms with Gasteiger partial charge < -0.3 is 15.5 Å². The molecule has 0 aromatic heterocycles. The zero-order valence-electron chi connectivity index (χ0n) is 15.6. The third kappa shape index (κ3) is 4.12. The fourth-order valence-electron chi connectivity index (χ4n) is 3.94. The molecule has 1 unspecified atom stereocenters. The second kappa shape index (κ2) is 8.32. The van der Waals surface area contributed by atoms with Crippen molar-refractivity contribution in [3.63, 3.8) is 0 Å². The maximum Gasteiger partial charge on any atom is 0.321 e. The third-order valence-corrected chi connectivity index (χ3v) is 6.16. The normalized spacial score (nSPS) is 18.8. The number of anilines is 1. The Kier molecular flexibility index (Phi) is 5.79. The van der Waals surface area contributed by atoms with Gasteiger partial charge in [0.25, 0.3) is 5.91 Å². The Hall–Kier alpha value is -2.12. The Morgan fingerprint density at radius 2 is 1.90 bits per heavy atom. The summed E-state index contributed by atoms with van der Waals surface area (Å²) < 4.78 is 14.5. The van der Waals surface area contributed by atoms with E-state index in [4.69, 9.17) is 11.6 Å². The van der Waals surface area contributed by atoms with E-state index in [1.54, 1.807) is 17.0 Å². The molecule has 0 aliphatic carbocycles. The van der Waals surface area contributed by atoms with Gasteiger partial charge in [-0.25, -0.2) is 9.18 Å². The summed E-state index contributed by atoms with van der Waals surface area (Å²) in [7, 11) is 0. The van der Waals surface area contributed by atoms with Gasteiger partial charge in [-0.3, -0.25) is 4.79 Å². The summed E-state index contributed by atoms with van der Waals surface area (Å²) in [6.07, 6.45) is 4.19. The van der Waals surface area contributed by atoms with E-state index in [2.05, 4.69) is 26.6 Å². The third-order valence-electron chi connectivity index (χ3n) is 5.36. The molecule has 1 saturated heterocycles. The van der Waals surface area contributed by atoms with Crippen LogP contribution >= 0.6 is 27.5 Å². The summed E-state index contributed by atoms with van der Waals surface area (Å²) in [5, 5.41) is 6.17. The molecule has 2 heterocycles. The molecule has 29 heavy (non-hydrogen) atoms. The summed E-state index contributed by atoms with van der Waals surface area (Å²) in [6, 6.07) is 6.65. The van der Waals surface area contributed by atoms with Crippen LogP contribution in [-0.4, -0.2) is 29.9 Å². The molecule has 2 N–H and O–H groups in total. The Balaban J connectivity index is 1.72. The van der Waals surface area contributed by atoms with E-state index in [-0.39, 0.29) is 11.9 Å². The monoisotopic (exact) mass is 479 g/mol. The number of amides is 3. The molecule has 2 aliphatic rings. The van der Waals surface area contributed by atoms with Crippen molar-refractivity contribution in [3.8, 4) is 0 Å². The smallest absolute Gasteiger partial charge is 0.321 e. The van der Waals surface area contributed by atoms with Crippen molar-refractivity contribution in [2.75, 3.05) is 18.4 Å². The molecule has 3 amide bonds. The van der Waals surface area contributed by atoms with Crippen LogP contribution in [0.2, 0.25) is 5.02 Å². The SMILES string of the molecule is O=C1NC(c2cc(F)ccc2Cl)c2c(NC(=O)N3CCCCCC3)cc(Br)cc21. The van der Waals surface area contributed by atoms with Crippen LogP contribution in [0, 0.1) is 5.82 Å². The molecule has 152 valence electrons. The number of carbonyl (C=O) groups is 2. The minimum absolute atomic E-state index is 0.198. The predicted octanol–water partition coefficient (Wildman–Crippen LogP) is 5.48. The number of likely N-dealkylation sites (tertiary alicyclic amines) is 1. The zero-order chi connectivity index (χ0) is 20.5. The van der Waals surface area contributed by atoms with E-state index in [9.17, 15) is 14.0 Å². The number of fused-ring (bicyclic) bond motifs is 1. The first-order chi connectivity index (χ1) is 13.9. The number of nitrogens with zero attached hydrogens (tertiary/aromatic N) is 1. The molecule has 0 bridgehead atoms. The molecule has 4 rings (SSSR count). The zero-order valence-corrected chi connectivity index (χ0v) is 17.9. The van der Waals surface area contributed by atoms with Crippen molar-refractivity contribution in [1.82, 2.24) is 10.2 Å². The molecule has 2 aromatic rings. The molecule has 8 heteroatoms. The van der Waals surface area contributed by atoms with Gasteiger partial charge in [-0.2, -0.15) is 0 Å². The maximum atomic E-state index is 13.9. The highest BCUT2D eigenvalue weighted by molar-refractivity contribution is 9.10. The van der Waals surface area contributed by atoms with E-state index in [0.29, 0.717) is 45.0 Å². The molecule has 0 spiro atoms. The lowest BCUT2D eigenvalue weighted by Crippen LogP contribution is -2.36. The largest absolute Gasteiger partial charge is 0.341 e. The number of nitrogens with one attached hydrogen (secondary N) is 2. The molecular formula is C21H20BrClFN3O2. The van der Waals surface area contributed by atoms with Gasteiger partial charge in [-0.05, 0) is 43.2 Å². The van der Waals surface area contributed by atoms with Gasteiger partial charge in [0, 0.05) is 45.0 Å². The standard InChI is InChI=1S/C21H20BrClFN3O2/c22-12-9-15-18(17(10-12)25-21(29)27-7-3-1-2-4-8-27)19(26-20(15)28)14-11-13(24)5-6-16(14)23/h5-6,9-11,19H,1-4,7-8H2,(H,25,29)(H,26,28). The molecule has 5 nitrogen and oxygen atoms in total. The summed E-state index contributed by atoms with van der Waals surface area (Å²) >= 11 is 9.71. The van der Waals surface area contributed by atoms with Crippen LogP contribution in [-0.2, 0) is 0 Å². The van der Waals surface area contributed by atoms with Crippen molar-refractivity contribution >= 4 is 45.2 Å². The van der Waals surface area contributed by atoms with Gasteiger partial charge in [0.05, 0.1) is 6.04 Å². The lowest BCUT2D eigenvalue weighted by molar-refractivity contribution is 0.0960. The first-order valence-electron chi connectivity index (χ1n) is 9.59. The van der Waals surface area contributed by atoms with Crippen LogP contribution in [0.4, 0.5) is 14.9 Å². The van der Waals surface area contributed by atoms with Crippen molar-refractivity contribution in [1.29, 1.82) is 0 Å². The van der Waals surface area contributed by atoms with Gasteiger partial charge in [0.2, 0.25) is 0 Å². The van der Waals surface area contributed by atoms with Gasteiger partial charge >= 0.3 is 6.03 Å². The van der Waals surface area contributed by atoms with Crippen LogP contribution < -0.4 is 10.6 Å². The first-order valence-corrected chi connectivity index (χ1v) is 10.8. The summed E-state index contributed by atoms with van der Waals surface area (Å²) in [4.78, 5) is 27.3. The number of hydrogen-bond acceptors (Lipinski definition) is 2. The number of halogens is 3. The minimum atomic E-state index is -0.645. The lowest BCUT2D eigenvalue weighted by Gasteiger charge is -2.23. The minimum Gasteiger partial charge on any atom is -0.341 e. The average Bonchev–Trinajstić information content (AvgIpc) is 2.86. The molecule has 1 fully saturated rings. The molecule has 0 radical (unpaired) electrons. The van der Waals surface area contributed by atoms with E-state index >= 15 is 0 Å². The average molecular weight is 481 g/mol. The molecule has 2 aliphatic heterocycles. The van der Waals surface area contributed by atoms with Crippen molar-refractivity contribution < 1.29 is 14.0 Å². The van der Waals surface area contributed by atoms with E-state index < -0.39 is 11.9 Å². The number of hydrogen-bond donors (Lipinski definition) is 2. The van der Waals surface area contributed by atoms with Crippen LogP contribution in [0.15, 0.2) is 34.8 Å². The first kappa shape index (κ1) is 20.2. The second-order valence-electron chi connectivity index (χ2n) is 7.32. The maximum absolute atomic E-state index is 13.9. The lowest BCUT2D eigenvalue weighted by atomic mass is 9.96. The predicted molar refractivity (Wildman–Crippen MR) is 114 cm³/mol. The summed E-state index contributed by atoms with van der Waals surface area (Å²) in [5.41, 5.74) is 1.98.